The number of likely N-dealkylation sites (N-methyl/N-ethyl adjacent to an activating group) is 1. The summed E-state index contributed by atoms with van der Waals surface area (Å²) in [6.07, 6.45) is 10.4. The Kier molecular flexibility index (Phi) is 28.0. The van der Waals surface area contributed by atoms with Crippen molar-refractivity contribution in [2.45, 2.75) is 115 Å². The van der Waals surface area contributed by atoms with Gasteiger partial charge in [-0.05, 0) is 64.8 Å². The van der Waals surface area contributed by atoms with Crippen LogP contribution < -0.4 is 10.6 Å². The van der Waals surface area contributed by atoms with E-state index in [-0.39, 0.29) is 36.7 Å². The van der Waals surface area contributed by atoms with Gasteiger partial charge in [-0.2, -0.15) is 0 Å². The second-order valence-electron chi connectivity index (χ2n) is 10.7. The van der Waals surface area contributed by atoms with Crippen molar-refractivity contribution in [2.75, 3.05) is 53.2 Å². The molecule has 0 aliphatic rings. The van der Waals surface area contributed by atoms with Crippen LogP contribution in [0, 0.1) is 0 Å². The van der Waals surface area contributed by atoms with Crippen LogP contribution in [-0.2, 0) is 38.2 Å². The fourth-order valence-electron chi connectivity index (χ4n) is 4.23. The number of unbranched alkanes of at least 4 members (excludes halogenated alkanes) is 6. The second kappa shape index (κ2) is 29.7. The molecule has 0 aliphatic carbocycles. The lowest BCUT2D eigenvalue weighted by Gasteiger charge is -2.10. The Morgan fingerprint density at radius 2 is 1.05 bits per heavy atom. The van der Waals surface area contributed by atoms with Crippen LogP contribution in [0.4, 0.5) is 0 Å². The number of carbonyl (C=O) groups is 5. The zero-order valence-corrected chi connectivity index (χ0v) is 26.2. The third kappa shape index (κ3) is 29.4. The molecular formula is C31H56N2O10. The van der Waals surface area contributed by atoms with Crippen LogP contribution in [0.5, 0.6) is 0 Å². The lowest BCUT2D eigenvalue weighted by Crippen LogP contribution is -2.33. The number of ether oxygens (including phenoxy) is 3. The zero-order chi connectivity index (χ0) is 32.0. The van der Waals surface area contributed by atoms with E-state index in [1.165, 1.54) is 0 Å². The summed E-state index contributed by atoms with van der Waals surface area (Å²) < 4.78 is 16.5. The van der Waals surface area contributed by atoms with Crippen molar-refractivity contribution in [3.8, 4) is 0 Å². The Balaban J connectivity index is 3.37. The topological polar surface area (TPSA) is 178 Å². The first-order chi connectivity index (χ1) is 20.8. The molecule has 0 fully saturated rings. The van der Waals surface area contributed by atoms with E-state index in [0.717, 1.165) is 38.5 Å². The Morgan fingerprint density at radius 3 is 1.56 bits per heavy atom. The highest BCUT2D eigenvalue weighted by Gasteiger charge is 2.13. The smallest absolute Gasteiger partial charge is 0.320 e. The Hall–Kier alpha value is -2.41. The predicted octanol–water partition coefficient (Wildman–Crippen LogP) is 3.68. The van der Waals surface area contributed by atoms with Crippen LogP contribution in [-0.4, -0.2) is 98.9 Å². The molecule has 12 heteroatoms. The molecule has 0 bridgehead atoms. The lowest BCUT2D eigenvalue weighted by atomic mass is 10.1. The molecule has 0 aliphatic heterocycles. The molecule has 0 aromatic heterocycles. The summed E-state index contributed by atoms with van der Waals surface area (Å²) in [5.74, 6) is -1.48. The Labute approximate surface area is 257 Å². The molecule has 12 nitrogen and oxygen atoms in total. The van der Waals surface area contributed by atoms with Crippen LogP contribution in [0.1, 0.15) is 109 Å². The van der Waals surface area contributed by atoms with Gasteiger partial charge in [0.15, 0.2) is 0 Å². The minimum Gasteiger partial charge on any atom is -0.481 e. The summed E-state index contributed by atoms with van der Waals surface area (Å²) in [5, 5.41) is 23.1. The van der Waals surface area contributed by atoms with Crippen molar-refractivity contribution in [1.82, 2.24) is 10.6 Å². The monoisotopic (exact) mass is 616 g/mol. The molecular weight excluding hydrogens is 560 g/mol. The van der Waals surface area contributed by atoms with Gasteiger partial charge in [-0.25, -0.2) is 0 Å². The molecule has 0 saturated heterocycles. The number of carboxylic acids is 2. The molecule has 0 radical (unpaired) electrons. The summed E-state index contributed by atoms with van der Waals surface area (Å²) in [6, 6.07) is -0.571. The normalized spacial score (nSPS) is 11.7. The summed E-state index contributed by atoms with van der Waals surface area (Å²) in [6.45, 7) is 3.54. The average molecular weight is 617 g/mol. The number of amides is 1. The van der Waals surface area contributed by atoms with Crippen molar-refractivity contribution < 1.29 is 48.4 Å². The molecule has 0 heterocycles. The van der Waals surface area contributed by atoms with Gasteiger partial charge in [0.1, 0.15) is 17.6 Å². The summed E-state index contributed by atoms with van der Waals surface area (Å²) >= 11 is 0. The number of aliphatic carboxylic acids is 2. The van der Waals surface area contributed by atoms with Crippen molar-refractivity contribution in [2.24, 2.45) is 0 Å². The van der Waals surface area contributed by atoms with E-state index in [2.05, 4.69) is 10.6 Å². The molecule has 0 aromatic rings. The number of nitrogens with one attached hydrogen (secondary N) is 2. The van der Waals surface area contributed by atoms with Crippen LogP contribution >= 0.6 is 0 Å². The number of hydrogen-bond acceptors (Lipinski definition) is 9. The number of carboxylic acid groups (broad SMARTS) is 2. The predicted molar refractivity (Wildman–Crippen MR) is 162 cm³/mol. The fraction of sp³-hybridized carbons (Fsp3) is 0.839. The highest BCUT2D eigenvalue weighted by molar-refractivity contribution is 5.84. The summed E-state index contributed by atoms with van der Waals surface area (Å²) in [5.41, 5.74) is 0. The largest absolute Gasteiger partial charge is 0.481 e. The van der Waals surface area contributed by atoms with E-state index in [1.54, 1.807) is 7.05 Å². The minimum atomic E-state index is -0.879. The van der Waals surface area contributed by atoms with Gasteiger partial charge < -0.3 is 35.1 Å². The van der Waals surface area contributed by atoms with Crippen LogP contribution in [0.3, 0.4) is 0 Å². The standard InChI is InChI=1S/C31H56N2O10/c1-32-28(31(39)40)15-6-9-19-33-29(36)18-17-27(35)14-8-11-21-42-23-25-43-24-22-41-20-10-7-13-26(34)12-4-2-3-5-16-30(37)38/h28,32H,2-25H2,1H3,(H,33,36)(H,37,38)(H,39,40)/t28-/m0/s1. The van der Waals surface area contributed by atoms with Gasteiger partial charge >= 0.3 is 11.9 Å². The van der Waals surface area contributed by atoms with Gasteiger partial charge in [0.2, 0.25) is 5.91 Å². The number of ketones is 2. The molecule has 43 heavy (non-hydrogen) atoms. The molecule has 0 unspecified atom stereocenters. The third-order valence-corrected chi connectivity index (χ3v) is 6.85. The molecule has 1 atom stereocenters. The maximum absolute atomic E-state index is 12.0. The zero-order valence-electron chi connectivity index (χ0n) is 26.2. The number of rotatable bonds is 33. The number of carbonyl (C=O) groups excluding carboxylic acids is 3. The van der Waals surface area contributed by atoms with Crippen molar-refractivity contribution in [3.63, 3.8) is 0 Å². The van der Waals surface area contributed by atoms with Gasteiger partial charge in [0, 0.05) is 58.3 Å². The first-order valence-corrected chi connectivity index (χ1v) is 15.9. The first-order valence-electron chi connectivity index (χ1n) is 15.9. The molecule has 0 saturated carbocycles. The Bertz CT molecular complexity index is 763. The maximum atomic E-state index is 12.0. The van der Waals surface area contributed by atoms with Gasteiger partial charge in [-0.15, -0.1) is 0 Å². The average Bonchev–Trinajstić information content (AvgIpc) is 2.97. The van der Waals surface area contributed by atoms with Crippen molar-refractivity contribution >= 4 is 29.4 Å². The highest BCUT2D eigenvalue weighted by Crippen LogP contribution is 2.09. The molecule has 0 aromatic carbocycles. The van der Waals surface area contributed by atoms with Crippen molar-refractivity contribution in [1.29, 1.82) is 0 Å². The van der Waals surface area contributed by atoms with Gasteiger partial charge in [-0.1, -0.05) is 12.8 Å². The fourth-order valence-corrected chi connectivity index (χ4v) is 4.23. The quantitative estimate of drug-likeness (QED) is 0.0791. The van der Waals surface area contributed by atoms with Gasteiger partial charge in [-0.3, -0.25) is 24.0 Å². The van der Waals surface area contributed by atoms with Gasteiger partial charge in [0.05, 0.1) is 26.4 Å². The molecule has 4 N–H and O–H groups in total. The van der Waals surface area contributed by atoms with Crippen LogP contribution in [0.25, 0.3) is 0 Å². The Morgan fingerprint density at radius 1 is 0.558 bits per heavy atom. The molecule has 250 valence electrons. The van der Waals surface area contributed by atoms with Gasteiger partial charge in [0.25, 0.3) is 0 Å². The van der Waals surface area contributed by atoms with E-state index in [4.69, 9.17) is 24.4 Å². The molecule has 0 spiro atoms. The number of Topliss-reactive ketones (excluding diaryl/α,β-unsaturated/α-hetero) is 2. The minimum absolute atomic E-state index is 0.0603. The highest BCUT2D eigenvalue weighted by atomic mass is 16.5. The molecule has 0 rings (SSSR count). The summed E-state index contributed by atoms with van der Waals surface area (Å²) in [7, 11) is 1.61. The van der Waals surface area contributed by atoms with E-state index in [0.29, 0.717) is 97.6 Å². The van der Waals surface area contributed by atoms with Crippen molar-refractivity contribution in [3.05, 3.63) is 0 Å². The number of hydrogen-bond donors (Lipinski definition) is 4. The van der Waals surface area contributed by atoms with E-state index >= 15 is 0 Å². The summed E-state index contributed by atoms with van der Waals surface area (Å²) in [4.78, 5) is 57.1. The van der Waals surface area contributed by atoms with Crippen LogP contribution in [0.2, 0.25) is 0 Å². The molecule has 1 amide bonds. The lowest BCUT2D eigenvalue weighted by molar-refractivity contribution is -0.139. The van der Waals surface area contributed by atoms with Crippen LogP contribution in [0.15, 0.2) is 0 Å². The van der Waals surface area contributed by atoms with E-state index in [9.17, 15) is 24.0 Å². The maximum Gasteiger partial charge on any atom is 0.320 e. The first kappa shape index (κ1) is 40.6. The second-order valence-corrected chi connectivity index (χ2v) is 10.7. The SMILES string of the molecule is CN[C@@H](CCCCNC(=O)CCC(=O)CCCCOCCOCCOCCCCC(=O)CCCCCCC(=O)O)C(=O)O. The van der Waals surface area contributed by atoms with E-state index in [1.807, 2.05) is 0 Å². The van der Waals surface area contributed by atoms with E-state index < -0.39 is 18.0 Å². The third-order valence-electron chi connectivity index (χ3n) is 6.85.